The van der Waals surface area contributed by atoms with Gasteiger partial charge in [0.1, 0.15) is 0 Å². The van der Waals surface area contributed by atoms with Crippen molar-refractivity contribution in [1.29, 1.82) is 0 Å². The quantitative estimate of drug-likeness (QED) is 0.880. The van der Waals surface area contributed by atoms with Crippen LogP contribution in [0.15, 0.2) is 24.3 Å². The number of benzene rings is 1. The van der Waals surface area contributed by atoms with Crippen molar-refractivity contribution < 1.29 is 5.11 Å². The van der Waals surface area contributed by atoms with Crippen molar-refractivity contribution in [3.8, 4) is 0 Å². The Labute approximate surface area is 114 Å². The van der Waals surface area contributed by atoms with E-state index in [0.717, 1.165) is 37.2 Å². The second-order valence-corrected chi connectivity index (χ2v) is 6.14. The van der Waals surface area contributed by atoms with Gasteiger partial charge in [0.25, 0.3) is 0 Å². The predicted octanol–water partition coefficient (Wildman–Crippen LogP) is 3.53. The zero-order valence-electron chi connectivity index (χ0n) is 10.9. The molecule has 1 fully saturated rings. The standard InChI is InChI=1S/C15H22ClNO/c1-11-5-7-15(10-17,8-6-11)14(18)12-3-2-4-13(16)9-12/h2-4,9,11,14,18H,5-8,10,17H2,1H3. The summed E-state index contributed by atoms with van der Waals surface area (Å²) in [7, 11) is 0. The van der Waals surface area contributed by atoms with E-state index >= 15 is 0 Å². The Hall–Kier alpha value is -0.570. The van der Waals surface area contributed by atoms with Crippen LogP contribution in [0.2, 0.25) is 5.02 Å². The molecule has 2 nitrogen and oxygen atoms in total. The smallest absolute Gasteiger partial charge is 0.0858 e. The number of rotatable bonds is 3. The predicted molar refractivity (Wildman–Crippen MR) is 75.5 cm³/mol. The number of hydrogen-bond acceptors (Lipinski definition) is 2. The van der Waals surface area contributed by atoms with Crippen molar-refractivity contribution in [3.63, 3.8) is 0 Å². The molecule has 0 spiro atoms. The summed E-state index contributed by atoms with van der Waals surface area (Å²) in [6.45, 7) is 2.81. The molecule has 0 amide bonds. The van der Waals surface area contributed by atoms with E-state index in [1.807, 2.05) is 24.3 Å². The van der Waals surface area contributed by atoms with Crippen molar-refractivity contribution >= 4 is 11.6 Å². The summed E-state index contributed by atoms with van der Waals surface area (Å²) >= 11 is 6.00. The summed E-state index contributed by atoms with van der Waals surface area (Å²) in [5, 5.41) is 11.3. The van der Waals surface area contributed by atoms with Crippen LogP contribution in [0.1, 0.15) is 44.3 Å². The Morgan fingerprint density at radius 3 is 2.67 bits per heavy atom. The van der Waals surface area contributed by atoms with Gasteiger partial charge in [0.2, 0.25) is 0 Å². The van der Waals surface area contributed by atoms with E-state index in [-0.39, 0.29) is 5.41 Å². The van der Waals surface area contributed by atoms with Crippen molar-refractivity contribution in [3.05, 3.63) is 34.9 Å². The van der Waals surface area contributed by atoms with E-state index in [4.69, 9.17) is 17.3 Å². The van der Waals surface area contributed by atoms with Crippen molar-refractivity contribution in [2.75, 3.05) is 6.54 Å². The lowest BCUT2D eigenvalue weighted by molar-refractivity contribution is -0.00817. The lowest BCUT2D eigenvalue weighted by Gasteiger charge is -2.42. The Morgan fingerprint density at radius 2 is 2.11 bits per heavy atom. The normalized spacial score (nSPS) is 30.1. The van der Waals surface area contributed by atoms with Gasteiger partial charge < -0.3 is 10.8 Å². The van der Waals surface area contributed by atoms with Crippen LogP contribution < -0.4 is 5.73 Å². The van der Waals surface area contributed by atoms with Crippen LogP contribution in [0.25, 0.3) is 0 Å². The second kappa shape index (κ2) is 5.60. The molecule has 3 N–H and O–H groups in total. The molecule has 3 heteroatoms. The molecule has 0 radical (unpaired) electrons. The van der Waals surface area contributed by atoms with Gasteiger partial charge in [0.05, 0.1) is 6.10 Å². The molecule has 1 saturated carbocycles. The minimum absolute atomic E-state index is 0.169. The molecule has 18 heavy (non-hydrogen) atoms. The monoisotopic (exact) mass is 267 g/mol. The summed E-state index contributed by atoms with van der Waals surface area (Å²) in [4.78, 5) is 0. The minimum atomic E-state index is -0.506. The van der Waals surface area contributed by atoms with Crippen LogP contribution in [0, 0.1) is 11.3 Å². The molecular formula is C15H22ClNO. The Kier molecular flexibility index (Phi) is 4.31. The van der Waals surface area contributed by atoms with Gasteiger partial charge in [0.15, 0.2) is 0 Å². The molecule has 1 unspecified atom stereocenters. The van der Waals surface area contributed by atoms with Gasteiger partial charge in [-0.15, -0.1) is 0 Å². The van der Waals surface area contributed by atoms with Gasteiger partial charge in [-0.3, -0.25) is 0 Å². The SMILES string of the molecule is CC1CCC(CN)(C(O)c2cccc(Cl)c2)CC1. The summed E-state index contributed by atoms with van der Waals surface area (Å²) < 4.78 is 0. The van der Waals surface area contributed by atoms with Crippen LogP contribution in [-0.4, -0.2) is 11.7 Å². The van der Waals surface area contributed by atoms with E-state index in [2.05, 4.69) is 6.92 Å². The molecule has 1 atom stereocenters. The van der Waals surface area contributed by atoms with Gasteiger partial charge in [-0.05, 0) is 36.5 Å². The van der Waals surface area contributed by atoms with Crippen LogP contribution in [0.4, 0.5) is 0 Å². The summed E-state index contributed by atoms with van der Waals surface area (Å²) in [6, 6.07) is 7.50. The Balaban J connectivity index is 2.22. The maximum atomic E-state index is 10.7. The van der Waals surface area contributed by atoms with Crippen molar-refractivity contribution in [1.82, 2.24) is 0 Å². The minimum Gasteiger partial charge on any atom is -0.388 e. The molecule has 0 aromatic heterocycles. The summed E-state index contributed by atoms with van der Waals surface area (Å²) in [6.07, 6.45) is 3.79. The highest BCUT2D eigenvalue weighted by Gasteiger charge is 2.40. The third-order valence-electron chi connectivity index (χ3n) is 4.42. The van der Waals surface area contributed by atoms with Crippen LogP contribution in [0.5, 0.6) is 0 Å². The average molecular weight is 268 g/mol. The van der Waals surface area contributed by atoms with Crippen LogP contribution in [0.3, 0.4) is 0 Å². The third-order valence-corrected chi connectivity index (χ3v) is 4.66. The van der Waals surface area contributed by atoms with Crippen LogP contribution >= 0.6 is 11.6 Å². The van der Waals surface area contributed by atoms with Gasteiger partial charge in [-0.25, -0.2) is 0 Å². The molecule has 2 rings (SSSR count). The zero-order chi connectivity index (χ0) is 13.2. The molecule has 1 aliphatic rings. The topological polar surface area (TPSA) is 46.2 Å². The van der Waals surface area contributed by atoms with Crippen LogP contribution in [-0.2, 0) is 0 Å². The van der Waals surface area contributed by atoms with E-state index in [0.29, 0.717) is 11.6 Å². The van der Waals surface area contributed by atoms with E-state index in [1.54, 1.807) is 0 Å². The molecular weight excluding hydrogens is 246 g/mol. The van der Waals surface area contributed by atoms with Gasteiger partial charge in [0, 0.05) is 17.0 Å². The van der Waals surface area contributed by atoms with Crippen molar-refractivity contribution in [2.45, 2.75) is 38.7 Å². The summed E-state index contributed by atoms with van der Waals surface area (Å²) in [5.41, 5.74) is 6.69. The fourth-order valence-corrected chi connectivity index (χ4v) is 3.16. The van der Waals surface area contributed by atoms with E-state index in [9.17, 15) is 5.11 Å². The Morgan fingerprint density at radius 1 is 1.44 bits per heavy atom. The fourth-order valence-electron chi connectivity index (χ4n) is 2.96. The first kappa shape index (κ1) is 13.9. The maximum Gasteiger partial charge on any atom is 0.0858 e. The zero-order valence-corrected chi connectivity index (χ0v) is 11.7. The fraction of sp³-hybridized carbons (Fsp3) is 0.600. The lowest BCUT2D eigenvalue weighted by Crippen LogP contribution is -2.39. The highest BCUT2D eigenvalue weighted by Crippen LogP contribution is 2.46. The summed E-state index contributed by atoms with van der Waals surface area (Å²) in [5.74, 6) is 0.747. The molecule has 1 aromatic carbocycles. The first-order valence-corrected chi connectivity index (χ1v) is 7.09. The number of nitrogens with two attached hydrogens (primary N) is 1. The lowest BCUT2D eigenvalue weighted by atomic mass is 9.66. The number of halogens is 1. The van der Waals surface area contributed by atoms with Gasteiger partial charge in [-0.1, -0.05) is 43.5 Å². The number of aliphatic hydroxyl groups is 1. The van der Waals surface area contributed by atoms with Crippen molar-refractivity contribution in [2.24, 2.45) is 17.1 Å². The highest BCUT2D eigenvalue weighted by atomic mass is 35.5. The van der Waals surface area contributed by atoms with E-state index in [1.165, 1.54) is 0 Å². The molecule has 0 heterocycles. The van der Waals surface area contributed by atoms with Gasteiger partial charge in [-0.2, -0.15) is 0 Å². The van der Waals surface area contributed by atoms with Gasteiger partial charge >= 0.3 is 0 Å². The molecule has 0 saturated heterocycles. The number of hydrogen-bond donors (Lipinski definition) is 2. The molecule has 0 bridgehead atoms. The third kappa shape index (κ3) is 2.71. The second-order valence-electron chi connectivity index (χ2n) is 5.71. The largest absolute Gasteiger partial charge is 0.388 e. The first-order chi connectivity index (χ1) is 8.57. The average Bonchev–Trinajstić information content (AvgIpc) is 2.39. The van der Waals surface area contributed by atoms with E-state index < -0.39 is 6.10 Å². The first-order valence-electron chi connectivity index (χ1n) is 6.71. The molecule has 100 valence electrons. The molecule has 1 aliphatic carbocycles. The molecule has 0 aliphatic heterocycles. The molecule has 1 aromatic rings. The highest BCUT2D eigenvalue weighted by molar-refractivity contribution is 6.30. The maximum absolute atomic E-state index is 10.7. The Bertz CT molecular complexity index is 399. The number of aliphatic hydroxyl groups excluding tert-OH is 1.